The summed E-state index contributed by atoms with van der Waals surface area (Å²) in [5, 5.41) is 31.7. The maximum absolute atomic E-state index is 9.85. The van der Waals surface area contributed by atoms with Crippen LogP contribution in [0.2, 0.25) is 0 Å². The predicted octanol–water partition coefficient (Wildman–Crippen LogP) is 0.454. The maximum Gasteiger partial charge on any atom is 0.0989 e. The SMILES string of the molecule is OC[C@@H]1NC(CCCCc2ccccc2)[C@H](O)[C@H]1O. The van der Waals surface area contributed by atoms with E-state index in [-0.39, 0.29) is 12.6 Å². The number of rotatable bonds is 6. The highest BCUT2D eigenvalue weighted by Gasteiger charge is 2.39. The highest BCUT2D eigenvalue weighted by atomic mass is 16.3. The molecule has 4 nitrogen and oxygen atoms in total. The number of nitrogens with one attached hydrogen (secondary N) is 1. The molecule has 1 aliphatic heterocycles. The number of benzene rings is 1. The molecule has 0 aliphatic carbocycles. The van der Waals surface area contributed by atoms with Crippen LogP contribution in [0.5, 0.6) is 0 Å². The highest BCUT2D eigenvalue weighted by molar-refractivity contribution is 5.14. The molecule has 106 valence electrons. The Morgan fingerprint density at radius 2 is 1.63 bits per heavy atom. The first-order chi connectivity index (χ1) is 9.22. The van der Waals surface area contributed by atoms with Crippen molar-refractivity contribution in [3.8, 4) is 0 Å². The molecule has 0 bridgehead atoms. The Labute approximate surface area is 114 Å². The monoisotopic (exact) mass is 265 g/mol. The smallest absolute Gasteiger partial charge is 0.0989 e. The van der Waals surface area contributed by atoms with E-state index in [0.29, 0.717) is 0 Å². The van der Waals surface area contributed by atoms with Gasteiger partial charge >= 0.3 is 0 Å². The molecule has 1 fully saturated rings. The second-order valence-electron chi connectivity index (χ2n) is 5.27. The largest absolute Gasteiger partial charge is 0.395 e. The third-order valence-electron chi connectivity index (χ3n) is 3.87. The average molecular weight is 265 g/mol. The second-order valence-corrected chi connectivity index (χ2v) is 5.27. The van der Waals surface area contributed by atoms with Gasteiger partial charge < -0.3 is 20.6 Å². The van der Waals surface area contributed by atoms with E-state index < -0.39 is 18.2 Å². The number of hydrogen-bond donors (Lipinski definition) is 4. The quantitative estimate of drug-likeness (QED) is 0.564. The Bertz CT molecular complexity index is 371. The van der Waals surface area contributed by atoms with Gasteiger partial charge in [0.1, 0.15) is 0 Å². The van der Waals surface area contributed by atoms with Crippen molar-refractivity contribution in [2.45, 2.75) is 50.0 Å². The summed E-state index contributed by atoms with van der Waals surface area (Å²) in [5.74, 6) is 0. The van der Waals surface area contributed by atoms with Crippen molar-refractivity contribution in [3.05, 3.63) is 35.9 Å². The zero-order valence-corrected chi connectivity index (χ0v) is 11.1. The van der Waals surface area contributed by atoms with Gasteiger partial charge in [-0.15, -0.1) is 0 Å². The van der Waals surface area contributed by atoms with E-state index in [9.17, 15) is 10.2 Å². The van der Waals surface area contributed by atoms with Crippen LogP contribution in [0.3, 0.4) is 0 Å². The van der Waals surface area contributed by atoms with Gasteiger partial charge in [0.05, 0.1) is 24.9 Å². The van der Waals surface area contributed by atoms with Crippen LogP contribution >= 0.6 is 0 Å². The van der Waals surface area contributed by atoms with Crippen LogP contribution < -0.4 is 5.32 Å². The summed E-state index contributed by atoms with van der Waals surface area (Å²) in [4.78, 5) is 0. The minimum absolute atomic E-state index is 0.108. The van der Waals surface area contributed by atoms with Gasteiger partial charge in [-0.1, -0.05) is 36.8 Å². The van der Waals surface area contributed by atoms with E-state index in [2.05, 4.69) is 17.4 Å². The molecule has 19 heavy (non-hydrogen) atoms. The zero-order chi connectivity index (χ0) is 13.7. The Kier molecular flexibility index (Phi) is 5.34. The zero-order valence-electron chi connectivity index (χ0n) is 11.1. The first-order valence-electron chi connectivity index (χ1n) is 6.99. The third-order valence-corrected chi connectivity index (χ3v) is 3.87. The van der Waals surface area contributed by atoms with Crippen LogP contribution in [0.1, 0.15) is 24.8 Å². The van der Waals surface area contributed by atoms with Crippen molar-refractivity contribution in [1.29, 1.82) is 0 Å². The van der Waals surface area contributed by atoms with Gasteiger partial charge in [0, 0.05) is 6.04 Å². The van der Waals surface area contributed by atoms with Gasteiger partial charge in [-0.25, -0.2) is 0 Å². The number of aryl methyl sites for hydroxylation is 1. The summed E-state index contributed by atoms with van der Waals surface area (Å²) in [6, 6.07) is 9.83. The highest BCUT2D eigenvalue weighted by Crippen LogP contribution is 2.19. The van der Waals surface area contributed by atoms with Crippen LogP contribution in [0, 0.1) is 0 Å². The Balaban J connectivity index is 1.69. The molecule has 1 unspecified atom stereocenters. The fraction of sp³-hybridized carbons (Fsp3) is 0.600. The summed E-state index contributed by atoms with van der Waals surface area (Å²) < 4.78 is 0. The summed E-state index contributed by atoms with van der Waals surface area (Å²) in [7, 11) is 0. The molecule has 1 aromatic carbocycles. The molecule has 4 heteroatoms. The van der Waals surface area contributed by atoms with Crippen LogP contribution in [0.25, 0.3) is 0 Å². The molecule has 0 amide bonds. The standard InChI is InChI=1S/C15H23NO3/c17-10-13-15(19)14(18)12(16-13)9-5-4-8-11-6-2-1-3-7-11/h1-3,6-7,12-19H,4-5,8-10H2/t12?,13-,14-,15-/m0/s1. The van der Waals surface area contributed by atoms with Crippen molar-refractivity contribution < 1.29 is 15.3 Å². The van der Waals surface area contributed by atoms with Gasteiger partial charge in [0.15, 0.2) is 0 Å². The van der Waals surface area contributed by atoms with Crippen molar-refractivity contribution in [2.24, 2.45) is 0 Å². The van der Waals surface area contributed by atoms with Crippen LogP contribution in [-0.4, -0.2) is 46.2 Å². The minimum Gasteiger partial charge on any atom is -0.395 e. The Morgan fingerprint density at radius 1 is 0.947 bits per heavy atom. The minimum atomic E-state index is -0.857. The second kappa shape index (κ2) is 7.01. The van der Waals surface area contributed by atoms with Gasteiger partial charge in [0.2, 0.25) is 0 Å². The molecule has 0 radical (unpaired) electrons. The lowest BCUT2D eigenvalue weighted by molar-refractivity contribution is 0.0186. The van der Waals surface area contributed by atoms with Crippen LogP contribution in [0.4, 0.5) is 0 Å². The third kappa shape index (κ3) is 3.76. The molecule has 0 aromatic heterocycles. The molecule has 0 saturated carbocycles. The van der Waals surface area contributed by atoms with E-state index in [1.165, 1.54) is 5.56 Å². The van der Waals surface area contributed by atoms with Gasteiger partial charge in [-0.3, -0.25) is 0 Å². The molecular formula is C15H23NO3. The van der Waals surface area contributed by atoms with Gasteiger partial charge in [0.25, 0.3) is 0 Å². The van der Waals surface area contributed by atoms with E-state index >= 15 is 0 Å². The number of aliphatic hydroxyl groups excluding tert-OH is 3. The summed E-state index contributed by atoms with van der Waals surface area (Å²) in [5.41, 5.74) is 1.33. The molecule has 1 heterocycles. The summed E-state index contributed by atoms with van der Waals surface area (Å²) in [6.07, 6.45) is 2.29. The molecule has 1 saturated heterocycles. The van der Waals surface area contributed by atoms with Crippen molar-refractivity contribution >= 4 is 0 Å². The van der Waals surface area contributed by atoms with E-state index in [1.807, 2.05) is 18.2 Å². The van der Waals surface area contributed by atoms with Crippen LogP contribution in [-0.2, 0) is 6.42 Å². The number of unbranched alkanes of at least 4 members (excludes halogenated alkanes) is 1. The molecule has 4 N–H and O–H groups in total. The maximum atomic E-state index is 9.85. The van der Waals surface area contributed by atoms with E-state index in [0.717, 1.165) is 25.7 Å². The summed E-state index contributed by atoms with van der Waals surface area (Å²) >= 11 is 0. The molecule has 4 atom stereocenters. The van der Waals surface area contributed by atoms with Crippen molar-refractivity contribution in [3.63, 3.8) is 0 Å². The molecule has 2 rings (SSSR count). The number of aliphatic hydroxyl groups is 3. The topological polar surface area (TPSA) is 72.7 Å². The first-order valence-corrected chi connectivity index (χ1v) is 6.99. The molecular weight excluding hydrogens is 242 g/mol. The fourth-order valence-electron chi connectivity index (χ4n) is 2.70. The normalized spacial score (nSPS) is 30.7. The lowest BCUT2D eigenvalue weighted by atomic mass is 10.0. The lowest BCUT2D eigenvalue weighted by Gasteiger charge is -2.15. The lowest BCUT2D eigenvalue weighted by Crippen LogP contribution is -2.36. The van der Waals surface area contributed by atoms with E-state index in [1.54, 1.807) is 0 Å². The van der Waals surface area contributed by atoms with Crippen LogP contribution in [0.15, 0.2) is 30.3 Å². The number of hydrogen-bond acceptors (Lipinski definition) is 4. The predicted molar refractivity (Wildman–Crippen MR) is 73.8 cm³/mol. The van der Waals surface area contributed by atoms with Gasteiger partial charge in [-0.05, 0) is 24.8 Å². The Hall–Kier alpha value is -0.940. The first kappa shape index (κ1) is 14.5. The van der Waals surface area contributed by atoms with Crippen molar-refractivity contribution in [1.82, 2.24) is 5.32 Å². The van der Waals surface area contributed by atoms with Gasteiger partial charge in [-0.2, -0.15) is 0 Å². The van der Waals surface area contributed by atoms with Crippen molar-refractivity contribution in [2.75, 3.05) is 6.61 Å². The van der Waals surface area contributed by atoms with E-state index in [4.69, 9.17) is 5.11 Å². The molecule has 1 aliphatic rings. The molecule has 0 spiro atoms. The molecule has 1 aromatic rings. The fourth-order valence-corrected chi connectivity index (χ4v) is 2.70. The average Bonchev–Trinajstić information content (AvgIpc) is 2.72. The summed E-state index contributed by atoms with van der Waals surface area (Å²) in [6.45, 7) is -0.140. The Morgan fingerprint density at radius 3 is 2.26 bits per heavy atom.